The van der Waals surface area contributed by atoms with Crippen LogP contribution in [0.4, 0.5) is 5.69 Å². The van der Waals surface area contributed by atoms with Gasteiger partial charge in [0.05, 0.1) is 24.4 Å². The molecule has 0 N–H and O–H groups in total. The number of hydrogen-bond donors (Lipinski definition) is 0. The molecular weight excluding hydrogens is 224 g/mol. The Bertz CT molecular complexity index is 577. The molecule has 0 radical (unpaired) electrons. The standard InChI is InChI=1S/C15H12N2O/c1-18-15-8-6-14(7-9-15)17-11-13-4-2-12(10-16)3-5-13/h2-9,11H,1H3/b17-11+. The Kier molecular flexibility index (Phi) is 3.72. The maximum absolute atomic E-state index is 8.69. The first-order valence-electron chi connectivity index (χ1n) is 5.50. The van der Waals surface area contributed by atoms with Crippen molar-refractivity contribution < 1.29 is 4.74 Å². The Hall–Kier alpha value is -2.60. The second kappa shape index (κ2) is 5.65. The van der Waals surface area contributed by atoms with Crippen molar-refractivity contribution in [1.29, 1.82) is 5.26 Å². The van der Waals surface area contributed by atoms with Crippen LogP contribution in [0.5, 0.6) is 5.75 Å². The van der Waals surface area contributed by atoms with E-state index in [2.05, 4.69) is 11.1 Å². The first kappa shape index (κ1) is 11.9. The summed E-state index contributed by atoms with van der Waals surface area (Å²) in [4.78, 5) is 4.34. The fourth-order valence-corrected chi connectivity index (χ4v) is 1.46. The molecule has 0 aromatic heterocycles. The van der Waals surface area contributed by atoms with Crippen LogP contribution in [-0.2, 0) is 0 Å². The van der Waals surface area contributed by atoms with E-state index in [1.54, 1.807) is 25.5 Å². The Morgan fingerprint density at radius 1 is 1.06 bits per heavy atom. The van der Waals surface area contributed by atoms with Gasteiger partial charge in [-0.3, -0.25) is 4.99 Å². The summed E-state index contributed by atoms with van der Waals surface area (Å²) >= 11 is 0. The van der Waals surface area contributed by atoms with Crippen molar-refractivity contribution in [2.75, 3.05) is 7.11 Å². The zero-order valence-corrected chi connectivity index (χ0v) is 10.00. The van der Waals surface area contributed by atoms with E-state index in [0.29, 0.717) is 5.56 Å². The van der Waals surface area contributed by atoms with Crippen LogP contribution in [0, 0.1) is 11.3 Å². The number of nitrogens with zero attached hydrogens (tertiary/aromatic N) is 2. The Balaban J connectivity index is 2.11. The third-order valence-corrected chi connectivity index (χ3v) is 2.47. The topological polar surface area (TPSA) is 45.4 Å². The number of benzene rings is 2. The second-order valence-electron chi connectivity index (χ2n) is 3.69. The van der Waals surface area contributed by atoms with Crippen molar-refractivity contribution in [1.82, 2.24) is 0 Å². The number of rotatable bonds is 3. The maximum Gasteiger partial charge on any atom is 0.119 e. The summed E-state index contributed by atoms with van der Waals surface area (Å²) in [6.07, 6.45) is 1.77. The van der Waals surface area contributed by atoms with Crippen molar-refractivity contribution in [3.05, 3.63) is 59.7 Å². The molecule has 0 unspecified atom stereocenters. The van der Waals surface area contributed by atoms with E-state index >= 15 is 0 Å². The predicted molar refractivity (Wildman–Crippen MR) is 71.4 cm³/mol. The molecule has 18 heavy (non-hydrogen) atoms. The van der Waals surface area contributed by atoms with Gasteiger partial charge in [-0.1, -0.05) is 12.1 Å². The van der Waals surface area contributed by atoms with Crippen molar-refractivity contribution in [2.24, 2.45) is 4.99 Å². The van der Waals surface area contributed by atoms with Crippen molar-refractivity contribution in [3.8, 4) is 11.8 Å². The summed E-state index contributed by atoms with van der Waals surface area (Å²) in [6, 6.07) is 16.9. The number of methoxy groups -OCH3 is 1. The van der Waals surface area contributed by atoms with Gasteiger partial charge in [0.25, 0.3) is 0 Å². The molecule has 88 valence electrons. The van der Waals surface area contributed by atoms with Gasteiger partial charge in [-0.25, -0.2) is 0 Å². The molecule has 2 rings (SSSR count). The highest BCUT2D eigenvalue weighted by Crippen LogP contribution is 2.17. The maximum atomic E-state index is 8.69. The van der Waals surface area contributed by atoms with E-state index in [0.717, 1.165) is 17.0 Å². The van der Waals surface area contributed by atoms with Gasteiger partial charge < -0.3 is 4.74 Å². The predicted octanol–water partition coefficient (Wildman–Crippen LogP) is 3.32. The van der Waals surface area contributed by atoms with E-state index in [1.807, 2.05) is 36.4 Å². The van der Waals surface area contributed by atoms with Crippen molar-refractivity contribution in [3.63, 3.8) is 0 Å². The number of ether oxygens (including phenoxy) is 1. The van der Waals surface area contributed by atoms with Gasteiger partial charge >= 0.3 is 0 Å². The van der Waals surface area contributed by atoms with Gasteiger partial charge in [-0.15, -0.1) is 0 Å². The molecule has 0 amide bonds. The molecule has 0 atom stereocenters. The summed E-state index contributed by atoms with van der Waals surface area (Å²) in [6.45, 7) is 0. The molecule has 2 aromatic carbocycles. The van der Waals surface area contributed by atoms with E-state index in [-0.39, 0.29) is 0 Å². The molecule has 0 aliphatic heterocycles. The van der Waals surface area contributed by atoms with Crippen LogP contribution in [0.15, 0.2) is 53.5 Å². The molecule has 0 fully saturated rings. The molecule has 0 saturated heterocycles. The highest BCUT2D eigenvalue weighted by atomic mass is 16.5. The van der Waals surface area contributed by atoms with Gasteiger partial charge in [0, 0.05) is 6.21 Å². The zero-order valence-electron chi connectivity index (χ0n) is 10.00. The van der Waals surface area contributed by atoms with E-state index < -0.39 is 0 Å². The average Bonchev–Trinajstić information content (AvgIpc) is 2.46. The fraction of sp³-hybridized carbons (Fsp3) is 0.0667. The molecule has 0 bridgehead atoms. The molecule has 0 heterocycles. The molecule has 0 aliphatic rings. The van der Waals surface area contributed by atoms with Gasteiger partial charge in [0.15, 0.2) is 0 Å². The fourth-order valence-electron chi connectivity index (χ4n) is 1.46. The summed E-state index contributed by atoms with van der Waals surface area (Å²) in [5.41, 5.74) is 2.47. The number of aliphatic imine (C=N–C) groups is 1. The minimum Gasteiger partial charge on any atom is -0.497 e. The summed E-state index contributed by atoms with van der Waals surface area (Å²) in [7, 11) is 1.63. The minimum atomic E-state index is 0.650. The van der Waals surface area contributed by atoms with Gasteiger partial charge in [-0.05, 0) is 42.0 Å². The molecular formula is C15H12N2O. The third-order valence-electron chi connectivity index (χ3n) is 2.47. The highest BCUT2D eigenvalue weighted by molar-refractivity contribution is 5.82. The van der Waals surface area contributed by atoms with Gasteiger partial charge in [0.2, 0.25) is 0 Å². The van der Waals surface area contributed by atoms with Crippen LogP contribution in [0.25, 0.3) is 0 Å². The SMILES string of the molecule is COc1ccc(/N=C/c2ccc(C#N)cc2)cc1. The molecule has 0 saturated carbocycles. The van der Waals surface area contributed by atoms with Crippen LogP contribution in [0.1, 0.15) is 11.1 Å². The van der Waals surface area contributed by atoms with E-state index in [1.165, 1.54) is 0 Å². The van der Waals surface area contributed by atoms with E-state index in [4.69, 9.17) is 10.00 Å². The average molecular weight is 236 g/mol. The molecule has 3 nitrogen and oxygen atoms in total. The first-order valence-corrected chi connectivity index (χ1v) is 5.50. The lowest BCUT2D eigenvalue weighted by Gasteiger charge is -1.99. The normalized spacial score (nSPS) is 10.2. The second-order valence-corrected chi connectivity index (χ2v) is 3.69. The Morgan fingerprint density at radius 3 is 2.28 bits per heavy atom. The summed E-state index contributed by atoms with van der Waals surface area (Å²) < 4.78 is 5.07. The smallest absolute Gasteiger partial charge is 0.119 e. The van der Waals surface area contributed by atoms with Crippen LogP contribution in [0.3, 0.4) is 0 Å². The number of nitriles is 1. The molecule has 0 spiro atoms. The van der Waals surface area contributed by atoms with Crippen LogP contribution in [-0.4, -0.2) is 13.3 Å². The summed E-state index contributed by atoms with van der Waals surface area (Å²) in [5, 5.41) is 8.69. The molecule has 0 aliphatic carbocycles. The lowest BCUT2D eigenvalue weighted by Crippen LogP contribution is -1.82. The largest absolute Gasteiger partial charge is 0.497 e. The number of hydrogen-bond acceptors (Lipinski definition) is 3. The van der Waals surface area contributed by atoms with Crippen LogP contribution < -0.4 is 4.74 Å². The first-order chi connectivity index (χ1) is 8.81. The lowest BCUT2D eigenvalue weighted by molar-refractivity contribution is 0.415. The monoisotopic (exact) mass is 236 g/mol. The van der Waals surface area contributed by atoms with Crippen molar-refractivity contribution in [2.45, 2.75) is 0 Å². The van der Waals surface area contributed by atoms with Crippen LogP contribution in [0.2, 0.25) is 0 Å². The van der Waals surface area contributed by atoms with Crippen molar-refractivity contribution >= 4 is 11.9 Å². The van der Waals surface area contributed by atoms with Crippen LogP contribution >= 0.6 is 0 Å². The van der Waals surface area contributed by atoms with Gasteiger partial charge in [-0.2, -0.15) is 5.26 Å². The Morgan fingerprint density at radius 2 is 1.72 bits per heavy atom. The molecule has 3 heteroatoms. The third kappa shape index (κ3) is 2.96. The molecule has 2 aromatic rings. The highest BCUT2D eigenvalue weighted by Gasteiger charge is 1.92. The quantitative estimate of drug-likeness (QED) is 0.767. The zero-order chi connectivity index (χ0) is 12.8. The minimum absolute atomic E-state index is 0.650. The van der Waals surface area contributed by atoms with E-state index in [9.17, 15) is 0 Å². The Labute approximate surface area is 106 Å². The van der Waals surface area contributed by atoms with Gasteiger partial charge in [0.1, 0.15) is 5.75 Å². The summed E-state index contributed by atoms with van der Waals surface area (Å²) in [5.74, 6) is 0.812. The lowest BCUT2D eigenvalue weighted by atomic mass is 10.2.